The van der Waals surface area contributed by atoms with Crippen LogP contribution in [0.4, 0.5) is 4.39 Å². The van der Waals surface area contributed by atoms with Gasteiger partial charge in [0, 0.05) is 19.8 Å². The van der Waals surface area contributed by atoms with Crippen molar-refractivity contribution in [3.8, 4) is 5.75 Å². The Kier molecular flexibility index (Phi) is 8.17. The maximum atomic E-state index is 13.1. The van der Waals surface area contributed by atoms with E-state index in [9.17, 15) is 18.8 Å². The van der Waals surface area contributed by atoms with E-state index in [0.717, 1.165) is 0 Å². The first kappa shape index (κ1) is 23.2. The van der Waals surface area contributed by atoms with E-state index in [1.54, 1.807) is 18.2 Å². The van der Waals surface area contributed by atoms with Crippen LogP contribution in [0.1, 0.15) is 18.1 Å². The first-order valence-corrected chi connectivity index (χ1v) is 9.51. The quantitative estimate of drug-likeness (QED) is 0.557. The monoisotopic (exact) mass is 435 g/mol. The highest BCUT2D eigenvalue weighted by Gasteiger charge is 2.25. The molecule has 2 rings (SSSR count). The summed E-state index contributed by atoms with van der Waals surface area (Å²) >= 11 is 6.10. The minimum atomic E-state index is -1.02. The fraction of sp³-hybridized carbons (Fsp3) is 0.286. The van der Waals surface area contributed by atoms with Gasteiger partial charge in [0.05, 0.1) is 12.1 Å². The van der Waals surface area contributed by atoms with E-state index in [4.69, 9.17) is 22.1 Å². The Morgan fingerprint density at radius 1 is 1.03 bits per heavy atom. The van der Waals surface area contributed by atoms with Crippen LogP contribution in [-0.4, -0.2) is 36.9 Å². The Balaban J connectivity index is 2.14. The van der Waals surface area contributed by atoms with Crippen LogP contribution in [0.25, 0.3) is 0 Å². The molecule has 0 saturated heterocycles. The van der Waals surface area contributed by atoms with Gasteiger partial charge >= 0.3 is 0 Å². The number of methoxy groups -OCH3 is 1. The van der Waals surface area contributed by atoms with Crippen molar-refractivity contribution in [2.75, 3.05) is 7.11 Å². The largest absolute Gasteiger partial charge is 0.495 e. The molecule has 0 spiro atoms. The lowest BCUT2D eigenvalue weighted by Crippen LogP contribution is -2.54. The van der Waals surface area contributed by atoms with Crippen LogP contribution in [0.5, 0.6) is 5.75 Å². The summed E-state index contributed by atoms with van der Waals surface area (Å²) in [5, 5.41) is 5.47. The van der Waals surface area contributed by atoms with E-state index < -0.39 is 35.6 Å². The number of nitrogens with one attached hydrogen (secondary N) is 2. The third-order valence-electron chi connectivity index (χ3n) is 4.36. The number of rotatable bonds is 9. The fourth-order valence-corrected chi connectivity index (χ4v) is 3.16. The number of carbonyl (C=O) groups is 3. The van der Waals surface area contributed by atoms with E-state index in [1.807, 2.05) is 0 Å². The molecule has 3 amide bonds. The van der Waals surface area contributed by atoms with Crippen LogP contribution in [0.3, 0.4) is 0 Å². The molecular weight excluding hydrogens is 413 g/mol. The topological polar surface area (TPSA) is 111 Å². The number of nitrogens with two attached hydrogens (primary N) is 1. The number of benzene rings is 2. The molecule has 7 nitrogen and oxygen atoms in total. The molecular formula is C21H23ClFN3O4. The molecule has 0 radical (unpaired) electrons. The smallest absolute Gasteiger partial charge is 0.243 e. The van der Waals surface area contributed by atoms with Gasteiger partial charge in [-0.2, -0.15) is 0 Å². The van der Waals surface area contributed by atoms with Gasteiger partial charge in [0.25, 0.3) is 0 Å². The zero-order chi connectivity index (χ0) is 22.3. The van der Waals surface area contributed by atoms with Crippen LogP contribution < -0.4 is 21.1 Å². The first-order valence-electron chi connectivity index (χ1n) is 9.13. The van der Waals surface area contributed by atoms with Crippen LogP contribution in [0, 0.1) is 5.82 Å². The highest BCUT2D eigenvalue weighted by atomic mass is 35.5. The summed E-state index contributed by atoms with van der Waals surface area (Å²) in [4.78, 5) is 36.2. The summed E-state index contributed by atoms with van der Waals surface area (Å²) < 4.78 is 18.2. The SMILES string of the molecule is COc1ccc(C[C@@H](NC(=O)[C@@H](Cc2ccc(F)cc2)NC(C)=O)C(N)=O)cc1Cl. The number of amides is 3. The summed E-state index contributed by atoms with van der Waals surface area (Å²) in [5.41, 5.74) is 6.76. The van der Waals surface area contributed by atoms with Gasteiger partial charge in [0.1, 0.15) is 23.7 Å². The predicted octanol–water partition coefficient (Wildman–Crippen LogP) is 1.75. The highest BCUT2D eigenvalue weighted by molar-refractivity contribution is 6.32. The normalized spacial score (nSPS) is 12.5. The summed E-state index contributed by atoms with van der Waals surface area (Å²) in [6.45, 7) is 1.27. The van der Waals surface area contributed by atoms with E-state index in [1.165, 1.54) is 38.3 Å². The molecule has 2 aromatic carbocycles. The lowest BCUT2D eigenvalue weighted by atomic mass is 10.0. The average molecular weight is 436 g/mol. The number of ether oxygens (including phenoxy) is 1. The predicted molar refractivity (Wildman–Crippen MR) is 111 cm³/mol. The van der Waals surface area contributed by atoms with Crippen LogP contribution in [0.15, 0.2) is 42.5 Å². The molecule has 0 fully saturated rings. The van der Waals surface area contributed by atoms with E-state index in [2.05, 4.69) is 10.6 Å². The van der Waals surface area contributed by atoms with Gasteiger partial charge in [-0.05, 0) is 35.4 Å². The number of carbonyl (C=O) groups excluding carboxylic acids is 3. The second-order valence-corrected chi connectivity index (χ2v) is 7.13. The van der Waals surface area contributed by atoms with Gasteiger partial charge < -0.3 is 21.1 Å². The molecule has 0 aliphatic heterocycles. The van der Waals surface area contributed by atoms with Crippen molar-refractivity contribution >= 4 is 29.3 Å². The van der Waals surface area contributed by atoms with Gasteiger partial charge in [0.2, 0.25) is 17.7 Å². The minimum absolute atomic E-state index is 0.105. The molecule has 0 aliphatic rings. The molecule has 2 aromatic rings. The van der Waals surface area contributed by atoms with Crippen LogP contribution in [0.2, 0.25) is 5.02 Å². The molecule has 30 heavy (non-hydrogen) atoms. The lowest BCUT2D eigenvalue weighted by Gasteiger charge is -2.22. The average Bonchev–Trinajstić information content (AvgIpc) is 2.68. The summed E-state index contributed by atoms with van der Waals surface area (Å²) in [5.74, 6) is -1.68. The maximum Gasteiger partial charge on any atom is 0.243 e. The Morgan fingerprint density at radius 3 is 2.17 bits per heavy atom. The van der Waals surface area contributed by atoms with Crippen LogP contribution >= 0.6 is 11.6 Å². The van der Waals surface area contributed by atoms with Crippen molar-refractivity contribution in [3.05, 3.63) is 64.4 Å². The molecule has 0 saturated carbocycles. The molecule has 9 heteroatoms. The van der Waals surface area contributed by atoms with Crippen LogP contribution in [-0.2, 0) is 27.2 Å². The number of primary amides is 1. The number of hydrogen-bond donors (Lipinski definition) is 3. The Labute approximate surface area is 178 Å². The molecule has 2 atom stereocenters. The Morgan fingerprint density at radius 2 is 1.63 bits per heavy atom. The van der Waals surface area contributed by atoms with E-state index in [-0.39, 0.29) is 12.8 Å². The molecule has 4 N–H and O–H groups in total. The third kappa shape index (κ3) is 6.73. The first-order chi connectivity index (χ1) is 14.2. The van der Waals surface area contributed by atoms with Crippen molar-refractivity contribution in [2.45, 2.75) is 31.8 Å². The van der Waals surface area contributed by atoms with Gasteiger partial charge in [-0.25, -0.2) is 4.39 Å². The van der Waals surface area contributed by atoms with Crippen molar-refractivity contribution < 1.29 is 23.5 Å². The zero-order valence-electron chi connectivity index (χ0n) is 16.6. The number of halogens is 2. The van der Waals surface area contributed by atoms with E-state index >= 15 is 0 Å². The zero-order valence-corrected chi connectivity index (χ0v) is 17.3. The third-order valence-corrected chi connectivity index (χ3v) is 4.66. The van der Waals surface area contributed by atoms with Crippen molar-refractivity contribution in [1.82, 2.24) is 10.6 Å². The summed E-state index contributed by atoms with van der Waals surface area (Å²) in [7, 11) is 1.48. The van der Waals surface area contributed by atoms with Crippen molar-refractivity contribution in [2.24, 2.45) is 5.73 Å². The molecule has 0 bridgehead atoms. The van der Waals surface area contributed by atoms with Gasteiger partial charge in [-0.15, -0.1) is 0 Å². The fourth-order valence-electron chi connectivity index (χ4n) is 2.88. The minimum Gasteiger partial charge on any atom is -0.495 e. The van der Waals surface area contributed by atoms with Crippen molar-refractivity contribution in [1.29, 1.82) is 0 Å². The van der Waals surface area contributed by atoms with E-state index in [0.29, 0.717) is 21.9 Å². The molecule has 0 unspecified atom stereocenters. The summed E-state index contributed by atoms with van der Waals surface area (Å²) in [6.07, 6.45) is 0.222. The number of hydrogen-bond acceptors (Lipinski definition) is 4. The molecule has 0 aromatic heterocycles. The van der Waals surface area contributed by atoms with Gasteiger partial charge in [-0.3, -0.25) is 14.4 Å². The standard InChI is InChI=1S/C21H23ClFN3O4/c1-12(27)25-18(10-13-3-6-15(23)7-4-13)21(29)26-17(20(24)28)11-14-5-8-19(30-2)16(22)9-14/h3-9,17-18H,10-11H2,1-2H3,(H2,24,28)(H,25,27)(H,26,29)/t17-,18-/m1/s1. The lowest BCUT2D eigenvalue weighted by molar-refractivity contribution is -0.130. The maximum absolute atomic E-state index is 13.1. The second-order valence-electron chi connectivity index (χ2n) is 6.72. The molecule has 0 aliphatic carbocycles. The molecule has 0 heterocycles. The van der Waals surface area contributed by atoms with Gasteiger partial charge in [-0.1, -0.05) is 29.8 Å². The summed E-state index contributed by atoms with van der Waals surface area (Å²) in [6, 6.07) is 8.54. The Bertz CT molecular complexity index is 921. The van der Waals surface area contributed by atoms with Gasteiger partial charge in [0.15, 0.2) is 0 Å². The highest BCUT2D eigenvalue weighted by Crippen LogP contribution is 2.25. The Hall–Kier alpha value is -3.13. The molecule has 160 valence electrons. The van der Waals surface area contributed by atoms with Crippen molar-refractivity contribution in [3.63, 3.8) is 0 Å². The second kappa shape index (κ2) is 10.6.